The molecule has 0 bridgehead atoms. The summed E-state index contributed by atoms with van der Waals surface area (Å²) in [6.07, 6.45) is 1.93. The van der Waals surface area contributed by atoms with E-state index in [4.69, 9.17) is 11.6 Å². The van der Waals surface area contributed by atoms with Crippen LogP contribution in [0.2, 0.25) is 5.02 Å². The minimum absolute atomic E-state index is 0.736. The first kappa shape index (κ1) is 15.1. The number of nitrogens with zero attached hydrogens (tertiary/aromatic N) is 2. The van der Waals surface area contributed by atoms with Crippen LogP contribution in [0.1, 0.15) is 36.4 Å². The first-order valence-corrected chi connectivity index (χ1v) is 7.52. The first-order chi connectivity index (χ1) is 9.67. The molecule has 0 saturated carbocycles. The molecule has 4 heteroatoms. The van der Waals surface area contributed by atoms with E-state index in [2.05, 4.69) is 48.5 Å². The maximum Gasteiger partial charge on any atom is 0.0863 e. The van der Waals surface area contributed by atoms with Gasteiger partial charge in [0.2, 0.25) is 0 Å². The Balaban J connectivity index is 2.01. The number of aromatic nitrogens is 2. The van der Waals surface area contributed by atoms with Crippen molar-refractivity contribution in [3.8, 4) is 0 Å². The molecule has 0 fully saturated rings. The zero-order valence-corrected chi connectivity index (χ0v) is 13.2. The SMILES string of the molecule is CCc1ccccc1CNCc1c(Cl)c(CC)nn1C. The van der Waals surface area contributed by atoms with Gasteiger partial charge in [-0.3, -0.25) is 4.68 Å². The molecule has 0 spiro atoms. The summed E-state index contributed by atoms with van der Waals surface area (Å²) in [5.41, 5.74) is 4.77. The molecule has 0 unspecified atom stereocenters. The van der Waals surface area contributed by atoms with E-state index in [9.17, 15) is 0 Å². The molecule has 108 valence electrons. The van der Waals surface area contributed by atoms with E-state index in [-0.39, 0.29) is 0 Å². The number of hydrogen-bond acceptors (Lipinski definition) is 2. The van der Waals surface area contributed by atoms with Gasteiger partial charge in [0, 0.05) is 20.1 Å². The molecule has 0 aliphatic heterocycles. The van der Waals surface area contributed by atoms with Crippen molar-refractivity contribution in [3.05, 3.63) is 51.8 Å². The minimum atomic E-state index is 0.736. The Hall–Kier alpha value is -1.32. The lowest BCUT2D eigenvalue weighted by Crippen LogP contribution is -2.16. The van der Waals surface area contributed by atoms with Crippen molar-refractivity contribution < 1.29 is 0 Å². The zero-order chi connectivity index (χ0) is 14.5. The van der Waals surface area contributed by atoms with Gasteiger partial charge in [0.1, 0.15) is 0 Å². The van der Waals surface area contributed by atoms with Gasteiger partial charge < -0.3 is 5.32 Å². The molecule has 2 aromatic rings. The Morgan fingerprint density at radius 3 is 2.40 bits per heavy atom. The van der Waals surface area contributed by atoms with Crippen LogP contribution < -0.4 is 5.32 Å². The number of benzene rings is 1. The van der Waals surface area contributed by atoms with Crippen LogP contribution in [0.4, 0.5) is 0 Å². The van der Waals surface area contributed by atoms with Gasteiger partial charge in [0.25, 0.3) is 0 Å². The summed E-state index contributed by atoms with van der Waals surface area (Å²) in [5, 5.41) is 8.70. The molecular weight excluding hydrogens is 270 g/mol. The Kier molecular flexibility index (Phi) is 5.21. The van der Waals surface area contributed by atoms with E-state index in [1.165, 1.54) is 11.1 Å². The van der Waals surface area contributed by atoms with E-state index >= 15 is 0 Å². The summed E-state index contributed by atoms with van der Waals surface area (Å²) in [6.45, 7) is 5.85. The van der Waals surface area contributed by atoms with Gasteiger partial charge in [-0.1, -0.05) is 49.7 Å². The van der Waals surface area contributed by atoms with Crippen LogP contribution in [0, 0.1) is 0 Å². The highest BCUT2D eigenvalue weighted by Gasteiger charge is 2.12. The number of nitrogens with one attached hydrogen (secondary N) is 1. The number of hydrogen-bond donors (Lipinski definition) is 1. The Morgan fingerprint density at radius 2 is 1.80 bits per heavy atom. The third kappa shape index (κ3) is 3.22. The summed E-state index contributed by atoms with van der Waals surface area (Å²) in [6, 6.07) is 8.54. The number of halogens is 1. The van der Waals surface area contributed by atoms with Crippen LogP contribution in [0.15, 0.2) is 24.3 Å². The van der Waals surface area contributed by atoms with Crippen molar-refractivity contribution in [2.75, 3.05) is 0 Å². The summed E-state index contributed by atoms with van der Waals surface area (Å²) in [4.78, 5) is 0. The third-order valence-corrected chi connectivity index (χ3v) is 4.05. The topological polar surface area (TPSA) is 29.9 Å². The van der Waals surface area contributed by atoms with E-state index in [1.807, 2.05) is 11.7 Å². The van der Waals surface area contributed by atoms with E-state index < -0.39 is 0 Å². The molecule has 0 atom stereocenters. The van der Waals surface area contributed by atoms with Crippen molar-refractivity contribution >= 4 is 11.6 Å². The fourth-order valence-corrected chi connectivity index (χ4v) is 2.76. The largest absolute Gasteiger partial charge is 0.307 e. The molecule has 2 rings (SSSR count). The van der Waals surface area contributed by atoms with Gasteiger partial charge in [0.05, 0.1) is 16.4 Å². The second kappa shape index (κ2) is 6.91. The van der Waals surface area contributed by atoms with Crippen LogP contribution in [0.5, 0.6) is 0 Å². The normalized spacial score (nSPS) is 11.0. The first-order valence-electron chi connectivity index (χ1n) is 7.15. The Morgan fingerprint density at radius 1 is 1.10 bits per heavy atom. The van der Waals surface area contributed by atoms with Gasteiger partial charge in [-0.15, -0.1) is 0 Å². The van der Waals surface area contributed by atoms with Crippen molar-refractivity contribution in [3.63, 3.8) is 0 Å². The summed E-state index contributed by atoms with van der Waals surface area (Å²) < 4.78 is 1.87. The van der Waals surface area contributed by atoms with Crippen molar-refractivity contribution in [2.24, 2.45) is 7.05 Å². The van der Waals surface area contributed by atoms with Crippen molar-refractivity contribution in [1.82, 2.24) is 15.1 Å². The quantitative estimate of drug-likeness (QED) is 0.883. The fraction of sp³-hybridized carbons (Fsp3) is 0.438. The minimum Gasteiger partial charge on any atom is -0.307 e. The zero-order valence-electron chi connectivity index (χ0n) is 12.4. The highest BCUT2D eigenvalue weighted by molar-refractivity contribution is 6.31. The van der Waals surface area contributed by atoms with Gasteiger partial charge in [-0.2, -0.15) is 5.10 Å². The summed E-state index contributed by atoms with van der Waals surface area (Å²) in [7, 11) is 1.95. The van der Waals surface area contributed by atoms with Gasteiger partial charge in [0.15, 0.2) is 0 Å². The molecule has 1 aromatic carbocycles. The van der Waals surface area contributed by atoms with Crippen molar-refractivity contribution in [2.45, 2.75) is 39.8 Å². The molecule has 0 aliphatic carbocycles. The average molecular weight is 292 g/mol. The molecule has 0 aliphatic rings. The molecule has 3 nitrogen and oxygen atoms in total. The fourth-order valence-electron chi connectivity index (χ4n) is 2.40. The summed E-state index contributed by atoms with van der Waals surface area (Å²) in [5.74, 6) is 0. The lowest BCUT2D eigenvalue weighted by atomic mass is 10.1. The second-order valence-electron chi connectivity index (χ2n) is 4.91. The molecule has 0 saturated heterocycles. The smallest absolute Gasteiger partial charge is 0.0863 e. The molecule has 0 amide bonds. The molecule has 1 aromatic heterocycles. The van der Waals surface area contributed by atoms with Crippen LogP contribution >= 0.6 is 11.6 Å². The monoisotopic (exact) mass is 291 g/mol. The standard InChI is InChI=1S/C16H22ClN3/c1-4-12-8-6-7-9-13(12)10-18-11-15-16(17)14(5-2)19-20(15)3/h6-9,18H,4-5,10-11H2,1-3H3. The molecule has 20 heavy (non-hydrogen) atoms. The lowest BCUT2D eigenvalue weighted by Gasteiger charge is -2.09. The average Bonchev–Trinajstić information content (AvgIpc) is 2.75. The number of aryl methyl sites for hydroxylation is 3. The van der Waals surface area contributed by atoms with Crippen LogP contribution in [-0.2, 0) is 33.0 Å². The molecule has 1 N–H and O–H groups in total. The van der Waals surface area contributed by atoms with E-state index in [0.29, 0.717) is 0 Å². The van der Waals surface area contributed by atoms with Crippen LogP contribution in [-0.4, -0.2) is 9.78 Å². The highest BCUT2D eigenvalue weighted by Crippen LogP contribution is 2.20. The molecule has 1 heterocycles. The van der Waals surface area contributed by atoms with Gasteiger partial charge >= 0.3 is 0 Å². The Labute approximate surface area is 126 Å². The van der Waals surface area contributed by atoms with Crippen LogP contribution in [0.3, 0.4) is 0 Å². The van der Waals surface area contributed by atoms with E-state index in [0.717, 1.165) is 42.3 Å². The van der Waals surface area contributed by atoms with Crippen molar-refractivity contribution in [1.29, 1.82) is 0 Å². The predicted octanol–water partition coefficient (Wildman–Crippen LogP) is 3.49. The maximum absolute atomic E-state index is 6.35. The van der Waals surface area contributed by atoms with Crippen LogP contribution in [0.25, 0.3) is 0 Å². The second-order valence-corrected chi connectivity index (χ2v) is 5.29. The maximum atomic E-state index is 6.35. The lowest BCUT2D eigenvalue weighted by molar-refractivity contribution is 0.621. The predicted molar refractivity (Wildman–Crippen MR) is 84.0 cm³/mol. The molecular formula is C16H22ClN3. The Bertz CT molecular complexity index is 575. The molecule has 0 radical (unpaired) electrons. The highest BCUT2D eigenvalue weighted by atomic mass is 35.5. The number of rotatable bonds is 6. The van der Waals surface area contributed by atoms with E-state index in [1.54, 1.807) is 0 Å². The van der Waals surface area contributed by atoms with Gasteiger partial charge in [-0.05, 0) is 24.0 Å². The van der Waals surface area contributed by atoms with Gasteiger partial charge in [-0.25, -0.2) is 0 Å². The summed E-state index contributed by atoms with van der Waals surface area (Å²) >= 11 is 6.35. The third-order valence-electron chi connectivity index (χ3n) is 3.61.